The Morgan fingerprint density at radius 2 is 2.07 bits per heavy atom. The molecule has 0 aromatic heterocycles. The van der Waals surface area contributed by atoms with Crippen molar-refractivity contribution in [3.63, 3.8) is 0 Å². The molecule has 0 saturated heterocycles. The minimum atomic E-state index is -3.12. The third kappa shape index (κ3) is 11.7. The molecular weight excluding hydrogens is 220 g/mol. The quantitative estimate of drug-likeness (QED) is 0.428. The van der Waals surface area contributed by atoms with Gasteiger partial charge in [0.1, 0.15) is 0 Å². The van der Waals surface area contributed by atoms with Crippen LogP contribution in [-0.4, -0.2) is 58.7 Å². The average Bonchev–Trinajstić information content (AvgIpc) is 2.12. The SMILES string of the molecule is CCOCC(O)CNCCNS(C)(=O)=O. The molecule has 0 aliphatic carbocycles. The molecule has 0 aliphatic rings. The number of hydrogen-bond donors (Lipinski definition) is 3. The van der Waals surface area contributed by atoms with Gasteiger partial charge in [-0.3, -0.25) is 0 Å². The third-order valence-corrected chi connectivity index (χ3v) is 2.29. The standard InChI is InChI=1S/C8H20N2O4S/c1-3-14-7-8(11)6-9-4-5-10-15(2,12)13/h8-11H,3-7H2,1-2H3. The van der Waals surface area contributed by atoms with Crippen LogP contribution in [0.2, 0.25) is 0 Å². The predicted molar refractivity (Wildman–Crippen MR) is 58.2 cm³/mol. The number of aliphatic hydroxyl groups excluding tert-OH is 1. The zero-order valence-electron chi connectivity index (χ0n) is 9.19. The molecule has 0 amide bonds. The highest BCUT2D eigenvalue weighted by molar-refractivity contribution is 7.88. The third-order valence-electron chi connectivity index (χ3n) is 1.56. The van der Waals surface area contributed by atoms with Gasteiger partial charge in [0.2, 0.25) is 10.0 Å². The van der Waals surface area contributed by atoms with Gasteiger partial charge in [0.15, 0.2) is 0 Å². The Labute approximate surface area is 91.1 Å². The minimum absolute atomic E-state index is 0.295. The number of rotatable bonds is 9. The van der Waals surface area contributed by atoms with Crippen molar-refractivity contribution in [2.75, 3.05) is 39.1 Å². The first-order chi connectivity index (χ1) is 6.95. The van der Waals surface area contributed by atoms with Crippen LogP contribution in [0.4, 0.5) is 0 Å². The first-order valence-electron chi connectivity index (χ1n) is 4.87. The molecule has 0 aromatic carbocycles. The van der Waals surface area contributed by atoms with Gasteiger partial charge in [-0.25, -0.2) is 13.1 Å². The molecule has 0 aromatic rings. The van der Waals surface area contributed by atoms with E-state index in [0.717, 1.165) is 6.26 Å². The molecule has 0 radical (unpaired) electrons. The summed E-state index contributed by atoms with van der Waals surface area (Å²) in [5.41, 5.74) is 0. The van der Waals surface area contributed by atoms with Gasteiger partial charge in [0, 0.05) is 26.2 Å². The van der Waals surface area contributed by atoms with Gasteiger partial charge in [-0.1, -0.05) is 0 Å². The topological polar surface area (TPSA) is 87.7 Å². The van der Waals surface area contributed by atoms with Gasteiger partial charge in [-0.2, -0.15) is 0 Å². The van der Waals surface area contributed by atoms with Crippen LogP contribution >= 0.6 is 0 Å². The van der Waals surface area contributed by atoms with Crippen LogP contribution < -0.4 is 10.0 Å². The lowest BCUT2D eigenvalue weighted by molar-refractivity contribution is 0.0430. The number of aliphatic hydroxyl groups is 1. The number of ether oxygens (including phenoxy) is 1. The van der Waals surface area contributed by atoms with Crippen molar-refractivity contribution in [1.82, 2.24) is 10.0 Å². The maximum Gasteiger partial charge on any atom is 0.208 e. The molecule has 0 fully saturated rings. The second kappa shape index (κ2) is 8.00. The first kappa shape index (κ1) is 14.8. The molecule has 0 saturated carbocycles. The summed E-state index contributed by atoms with van der Waals surface area (Å²) in [5.74, 6) is 0. The van der Waals surface area contributed by atoms with Crippen molar-refractivity contribution in [2.45, 2.75) is 13.0 Å². The van der Waals surface area contributed by atoms with Crippen molar-refractivity contribution in [2.24, 2.45) is 0 Å². The van der Waals surface area contributed by atoms with Gasteiger partial charge < -0.3 is 15.2 Å². The Kier molecular flexibility index (Phi) is 7.89. The minimum Gasteiger partial charge on any atom is -0.389 e. The number of hydrogen-bond acceptors (Lipinski definition) is 5. The lowest BCUT2D eigenvalue weighted by atomic mass is 10.4. The molecule has 3 N–H and O–H groups in total. The van der Waals surface area contributed by atoms with Crippen LogP contribution in [0.15, 0.2) is 0 Å². The Balaban J connectivity index is 3.31. The fraction of sp³-hybridized carbons (Fsp3) is 1.00. The Morgan fingerprint density at radius 3 is 2.60 bits per heavy atom. The summed E-state index contributed by atoms with van der Waals surface area (Å²) in [5, 5.41) is 12.2. The molecule has 1 atom stereocenters. The molecule has 0 spiro atoms. The summed E-state index contributed by atoms with van der Waals surface area (Å²) in [6.07, 6.45) is 0.555. The van der Waals surface area contributed by atoms with Gasteiger partial charge in [0.25, 0.3) is 0 Å². The first-order valence-corrected chi connectivity index (χ1v) is 6.76. The molecule has 15 heavy (non-hydrogen) atoms. The highest BCUT2D eigenvalue weighted by Crippen LogP contribution is 1.82. The summed E-state index contributed by atoms with van der Waals surface area (Å²) in [4.78, 5) is 0. The summed E-state index contributed by atoms with van der Waals surface area (Å²) in [6, 6.07) is 0. The van der Waals surface area contributed by atoms with E-state index < -0.39 is 16.1 Å². The molecule has 0 bridgehead atoms. The van der Waals surface area contributed by atoms with Crippen LogP contribution in [-0.2, 0) is 14.8 Å². The van der Waals surface area contributed by atoms with Crippen molar-refractivity contribution < 1.29 is 18.3 Å². The summed E-state index contributed by atoms with van der Waals surface area (Å²) in [7, 11) is -3.12. The second-order valence-corrected chi connectivity index (χ2v) is 5.02. The second-order valence-electron chi connectivity index (χ2n) is 3.18. The zero-order valence-corrected chi connectivity index (χ0v) is 10.0. The molecule has 1 unspecified atom stereocenters. The number of sulfonamides is 1. The van der Waals surface area contributed by atoms with Crippen LogP contribution in [0.1, 0.15) is 6.92 Å². The van der Waals surface area contributed by atoms with Crippen LogP contribution in [0, 0.1) is 0 Å². The largest absolute Gasteiger partial charge is 0.389 e. The molecular formula is C8H20N2O4S. The molecule has 0 rings (SSSR count). The predicted octanol–water partition coefficient (Wildman–Crippen LogP) is -1.48. The van der Waals surface area contributed by atoms with E-state index in [-0.39, 0.29) is 0 Å². The normalized spacial score (nSPS) is 14.1. The summed E-state index contributed by atoms with van der Waals surface area (Å²) in [6.45, 7) is 3.92. The van der Waals surface area contributed by atoms with E-state index in [4.69, 9.17) is 4.74 Å². The van der Waals surface area contributed by atoms with E-state index in [1.165, 1.54) is 0 Å². The van der Waals surface area contributed by atoms with Crippen LogP contribution in [0.25, 0.3) is 0 Å². The van der Waals surface area contributed by atoms with Crippen LogP contribution in [0.5, 0.6) is 0 Å². The molecule has 7 heteroatoms. The lowest BCUT2D eigenvalue weighted by Gasteiger charge is -2.11. The maximum absolute atomic E-state index is 10.7. The van der Waals surface area contributed by atoms with Gasteiger partial charge in [-0.15, -0.1) is 0 Å². The van der Waals surface area contributed by atoms with Crippen molar-refractivity contribution in [3.8, 4) is 0 Å². The Morgan fingerprint density at radius 1 is 1.40 bits per heavy atom. The fourth-order valence-corrected chi connectivity index (χ4v) is 1.38. The fourth-order valence-electron chi connectivity index (χ4n) is 0.906. The Hall–Kier alpha value is -0.210. The maximum atomic E-state index is 10.7. The molecule has 92 valence electrons. The van der Waals surface area contributed by atoms with E-state index in [1.54, 1.807) is 0 Å². The monoisotopic (exact) mass is 240 g/mol. The zero-order chi connectivity index (χ0) is 11.7. The molecule has 0 aliphatic heterocycles. The van der Waals surface area contributed by atoms with Crippen molar-refractivity contribution >= 4 is 10.0 Å². The van der Waals surface area contributed by atoms with Gasteiger partial charge in [-0.05, 0) is 6.92 Å². The smallest absolute Gasteiger partial charge is 0.208 e. The van der Waals surface area contributed by atoms with E-state index in [9.17, 15) is 13.5 Å². The van der Waals surface area contributed by atoms with E-state index >= 15 is 0 Å². The van der Waals surface area contributed by atoms with Crippen LogP contribution in [0.3, 0.4) is 0 Å². The van der Waals surface area contributed by atoms with Crippen molar-refractivity contribution in [1.29, 1.82) is 0 Å². The average molecular weight is 240 g/mol. The van der Waals surface area contributed by atoms with E-state index in [0.29, 0.717) is 32.8 Å². The highest BCUT2D eigenvalue weighted by Gasteiger charge is 2.03. The van der Waals surface area contributed by atoms with Gasteiger partial charge >= 0.3 is 0 Å². The Bertz CT molecular complexity index is 243. The van der Waals surface area contributed by atoms with E-state index in [1.807, 2.05) is 6.92 Å². The molecule has 0 heterocycles. The van der Waals surface area contributed by atoms with Crippen molar-refractivity contribution in [3.05, 3.63) is 0 Å². The van der Waals surface area contributed by atoms with Gasteiger partial charge in [0.05, 0.1) is 19.0 Å². The van der Waals surface area contributed by atoms with E-state index in [2.05, 4.69) is 10.0 Å². The summed E-state index contributed by atoms with van der Waals surface area (Å²) >= 11 is 0. The lowest BCUT2D eigenvalue weighted by Crippen LogP contribution is -2.36. The summed E-state index contributed by atoms with van der Waals surface area (Å²) < 4.78 is 28.7. The highest BCUT2D eigenvalue weighted by atomic mass is 32.2. The molecule has 6 nitrogen and oxygen atoms in total. The number of nitrogens with one attached hydrogen (secondary N) is 2.